The van der Waals surface area contributed by atoms with Crippen LogP contribution >= 0.6 is 0 Å². The molecule has 1 aliphatic rings. The quantitative estimate of drug-likeness (QED) is 0.601. The smallest absolute Gasteiger partial charge is 0.381 e. The molecule has 1 atom stereocenters. The van der Waals surface area contributed by atoms with Gasteiger partial charge >= 0.3 is 6.18 Å². The van der Waals surface area contributed by atoms with Crippen molar-refractivity contribution in [3.63, 3.8) is 0 Å². The number of nitrogens with one attached hydrogen (secondary N) is 2. The lowest BCUT2D eigenvalue weighted by molar-refractivity contribution is -0.260. The number of aliphatic hydroxyl groups is 1. The topological polar surface area (TPSA) is 61.4 Å². The minimum absolute atomic E-state index is 0.0740. The molecule has 0 saturated carbocycles. The maximum absolute atomic E-state index is 13.9. The molecule has 162 valence electrons. The summed E-state index contributed by atoms with van der Waals surface area (Å²) >= 11 is 0. The highest BCUT2D eigenvalue weighted by Crippen LogP contribution is 2.41. The molecule has 1 heterocycles. The molecule has 8 heteroatoms. The van der Waals surface area contributed by atoms with E-state index in [4.69, 9.17) is 0 Å². The molecule has 1 unspecified atom stereocenters. The van der Waals surface area contributed by atoms with Gasteiger partial charge in [0, 0.05) is 23.4 Å². The van der Waals surface area contributed by atoms with Crippen LogP contribution in [0.15, 0.2) is 42.5 Å². The third-order valence-electron chi connectivity index (χ3n) is 5.47. The number of carbonyl (C=O) groups excluding carboxylic acids is 1. The normalized spacial score (nSPS) is 16.4. The highest BCUT2D eigenvalue weighted by molar-refractivity contribution is 5.91. The molecule has 2 aromatic rings. The maximum atomic E-state index is 13.9. The van der Waals surface area contributed by atoms with Gasteiger partial charge in [0.25, 0.3) is 0 Å². The second-order valence-corrected chi connectivity index (χ2v) is 8.35. The molecule has 0 amide bonds. The zero-order chi connectivity index (χ0) is 22.2. The van der Waals surface area contributed by atoms with Gasteiger partial charge in [-0.15, -0.1) is 0 Å². The molecule has 2 aromatic carbocycles. The minimum Gasteiger partial charge on any atom is -0.381 e. The summed E-state index contributed by atoms with van der Waals surface area (Å²) in [5.74, 6) is -0.627. The third-order valence-corrected chi connectivity index (χ3v) is 5.47. The van der Waals surface area contributed by atoms with E-state index in [2.05, 4.69) is 10.6 Å². The summed E-state index contributed by atoms with van der Waals surface area (Å²) < 4.78 is 55.3. The number of hydrogen-bond donors (Lipinski definition) is 3. The summed E-state index contributed by atoms with van der Waals surface area (Å²) in [7, 11) is 0. The lowest BCUT2D eigenvalue weighted by Crippen LogP contribution is -2.53. The second kappa shape index (κ2) is 7.91. The van der Waals surface area contributed by atoms with Crippen LogP contribution in [0.3, 0.4) is 0 Å². The second-order valence-electron chi connectivity index (χ2n) is 8.35. The molecule has 0 spiro atoms. The SMILES string of the molecule is CC(C)(CC(O)(CNc1cccc2c1CC(=O)CN2)C(F)(F)F)c1cccc(F)c1. The van der Waals surface area contributed by atoms with E-state index in [-0.39, 0.29) is 18.7 Å². The van der Waals surface area contributed by atoms with Gasteiger partial charge in [0.05, 0.1) is 13.1 Å². The summed E-state index contributed by atoms with van der Waals surface area (Å²) in [4.78, 5) is 11.8. The molecule has 0 radical (unpaired) electrons. The van der Waals surface area contributed by atoms with E-state index in [9.17, 15) is 27.5 Å². The number of benzene rings is 2. The lowest BCUT2D eigenvalue weighted by Gasteiger charge is -2.38. The van der Waals surface area contributed by atoms with Crippen LogP contribution in [0, 0.1) is 5.82 Å². The Bertz CT molecular complexity index is 943. The highest BCUT2D eigenvalue weighted by Gasteiger charge is 2.55. The van der Waals surface area contributed by atoms with Crippen LogP contribution in [0.4, 0.5) is 28.9 Å². The number of fused-ring (bicyclic) bond motifs is 1. The standard InChI is InChI=1S/C22H24F4N2O2/c1-20(2,14-5-3-6-15(23)9-14)12-21(30,22(24,25)26)13-28-19-8-4-7-18-17(19)10-16(29)11-27-18/h3-9,27-28,30H,10-13H2,1-2H3. The number of ketones is 1. The average molecular weight is 424 g/mol. The fraction of sp³-hybridized carbons (Fsp3) is 0.409. The zero-order valence-corrected chi connectivity index (χ0v) is 16.7. The number of rotatable bonds is 6. The summed E-state index contributed by atoms with van der Waals surface area (Å²) in [5.41, 5.74) is -2.26. The Kier molecular flexibility index (Phi) is 5.82. The molecule has 0 aromatic heterocycles. The molecule has 4 nitrogen and oxygen atoms in total. The van der Waals surface area contributed by atoms with Crippen LogP contribution < -0.4 is 10.6 Å². The van der Waals surface area contributed by atoms with Gasteiger partial charge in [-0.1, -0.05) is 32.0 Å². The Morgan fingerprint density at radius 1 is 1.13 bits per heavy atom. The number of anilines is 2. The molecule has 30 heavy (non-hydrogen) atoms. The van der Waals surface area contributed by atoms with E-state index >= 15 is 0 Å². The van der Waals surface area contributed by atoms with Crippen LogP contribution in [-0.4, -0.2) is 35.8 Å². The number of halogens is 4. The first-order valence-electron chi connectivity index (χ1n) is 9.58. The molecule has 3 rings (SSSR count). The Morgan fingerprint density at radius 3 is 2.50 bits per heavy atom. The van der Waals surface area contributed by atoms with Gasteiger partial charge in [-0.2, -0.15) is 13.2 Å². The Morgan fingerprint density at radius 2 is 1.83 bits per heavy atom. The third kappa shape index (κ3) is 4.59. The van der Waals surface area contributed by atoms with Crippen molar-refractivity contribution < 1.29 is 27.5 Å². The van der Waals surface area contributed by atoms with Crippen LogP contribution in [-0.2, 0) is 16.6 Å². The number of Topliss-reactive ketones (excluding diaryl/α,β-unsaturated/α-hetero) is 1. The van der Waals surface area contributed by atoms with Crippen molar-refractivity contribution in [2.45, 2.75) is 43.9 Å². The van der Waals surface area contributed by atoms with Gasteiger partial charge in [-0.25, -0.2) is 4.39 Å². The monoisotopic (exact) mass is 424 g/mol. The predicted molar refractivity (Wildman–Crippen MR) is 107 cm³/mol. The predicted octanol–water partition coefficient (Wildman–Crippen LogP) is 4.44. The first-order valence-corrected chi connectivity index (χ1v) is 9.58. The fourth-order valence-corrected chi connectivity index (χ4v) is 3.81. The van der Waals surface area contributed by atoms with Crippen molar-refractivity contribution in [2.24, 2.45) is 0 Å². The van der Waals surface area contributed by atoms with E-state index in [0.717, 1.165) is 0 Å². The summed E-state index contributed by atoms with van der Waals surface area (Å²) in [6.45, 7) is 2.43. The fourth-order valence-electron chi connectivity index (χ4n) is 3.81. The molecule has 0 bridgehead atoms. The van der Waals surface area contributed by atoms with Gasteiger partial charge in [0.15, 0.2) is 11.4 Å². The maximum Gasteiger partial charge on any atom is 0.418 e. The van der Waals surface area contributed by atoms with Crippen molar-refractivity contribution in [3.8, 4) is 0 Å². The number of hydrogen-bond acceptors (Lipinski definition) is 4. The molecular formula is C22H24F4N2O2. The molecular weight excluding hydrogens is 400 g/mol. The molecule has 0 saturated heterocycles. The largest absolute Gasteiger partial charge is 0.418 e. The van der Waals surface area contributed by atoms with E-state index in [1.165, 1.54) is 38.1 Å². The van der Waals surface area contributed by atoms with E-state index < -0.39 is 36.0 Å². The lowest BCUT2D eigenvalue weighted by atomic mass is 9.74. The zero-order valence-electron chi connectivity index (χ0n) is 16.7. The van der Waals surface area contributed by atoms with Gasteiger partial charge in [0.2, 0.25) is 0 Å². The molecule has 1 aliphatic heterocycles. The Labute approximate surface area is 172 Å². The van der Waals surface area contributed by atoms with Crippen molar-refractivity contribution in [3.05, 3.63) is 59.4 Å². The average Bonchev–Trinajstić information content (AvgIpc) is 2.65. The Hall–Kier alpha value is -2.61. The molecule has 0 aliphatic carbocycles. The first kappa shape index (κ1) is 22.1. The first-order chi connectivity index (χ1) is 13.9. The minimum atomic E-state index is -4.92. The van der Waals surface area contributed by atoms with Crippen LogP contribution in [0.5, 0.6) is 0 Å². The van der Waals surface area contributed by atoms with Crippen LogP contribution in [0.25, 0.3) is 0 Å². The van der Waals surface area contributed by atoms with Crippen molar-refractivity contribution >= 4 is 17.2 Å². The van der Waals surface area contributed by atoms with E-state index in [0.29, 0.717) is 22.5 Å². The van der Waals surface area contributed by atoms with Gasteiger partial charge in [-0.3, -0.25) is 4.79 Å². The van der Waals surface area contributed by atoms with Crippen molar-refractivity contribution in [1.29, 1.82) is 0 Å². The number of carbonyl (C=O) groups is 1. The van der Waals surface area contributed by atoms with Crippen molar-refractivity contribution in [1.82, 2.24) is 0 Å². The van der Waals surface area contributed by atoms with Crippen molar-refractivity contribution in [2.75, 3.05) is 23.7 Å². The Balaban J connectivity index is 1.86. The summed E-state index contributed by atoms with van der Waals surface area (Å²) in [5, 5.41) is 16.3. The highest BCUT2D eigenvalue weighted by atomic mass is 19.4. The summed E-state index contributed by atoms with van der Waals surface area (Å²) in [6.07, 6.45) is -5.50. The van der Waals surface area contributed by atoms with E-state index in [1.54, 1.807) is 18.2 Å². The molecule has 3 N–H and O–H groups in total. The van der Waals surface area contributed by atoms with Gasteiger partial charge in [-0.05, 0) is 41.7 Å². The van der Waals surface area contributed by atoms with E-state index in [1.807, 2.05) is 0 Å². The number of alkyl halides is 3. The van der Waals surface area contributed by atoms with Gasteiger partial charge < -0.3 is 15.7 Å². The van der Waals surface area contributed by atoms with Crippen LogP contribution in [0.1, 0.15) is 31.4 Å². The molecule has 0 fully saturated rings. The summed E-state index contributed by atoms with van der Waals surface area (Å²) in [6, 6.07) is 10.3. The van der Waals surface area contributed by atoms with Crippen LogP contribution in [0.2, 0.25) is 0 Å². The van der Waals surface area contributed by atoms with Gasteiger partial charge in [0.1, 0.15) is 5.82 Å².